The Labute approximate surface area is 75.5 Å². The molecule has 0 aromatic carbocycles. The monoisotopic (exact) mass is 191 g/mol. The smallest absolute Gasteiger partial charge is 0.362 e. The summed E-state index contributed by atoms with van der Waals surface area (Å²) in [6.45, 7) is 0. The van der Waals surface area contributed by atoms with Gasteiger partial charge in [-0.3, -0.25) is 4.79 Å². The Bertz CT molecular complexity index is 175. The normalized spacial score (nSPS) is 14.9. The van der Waals surface area contributed by atoms with Crippen molar-refractivity contribution in [2.45, 2.75) is 31.3 Å². The summed E-state index contributed by atoms with van der Waals surface area (Å²) in [4.78, 5) is 20.6. The van der Waals surface area contributed by atoms with Crippen molar-refractivity contribution in [1.29, 1.82) is 0 Å². The molecule has 0 saturated carbocycles. The molecule has 0 aromatic rings. The summed E-state index contributed by atoms with van der Waals surface area (Å²) < 4.78 is 0. The lowest BCUT2D eigenvalue weighted by atomic mass is 10.1. The van der Waals surface area contributed by atoms with Crippen molar-refractivity contribution in [2.24, 2.45) is 5.73 Å². The molecular weight excluding hydrogens is 176 g/mol. The molecular formula is C7H15N2O4+. The van der Waals surface area contributed by atoms with Gasteiger partial charge in [-0.15, -0.1) is 0 Å². The van der Waals surface area contributed by atoms with Gasteiger partial charge in [0.05, 0.1) is 0 Å². The molecule has 13 heavy (non-hydrogen) atoms. The van der Waals surface area contributed by atoms with Crippen molar-refractivity contribution < 1.29 is 25.5 Å². The Morgan fingerprint density at radius 3 is 2.15 bits per heavy atom. The molecule has 0 rings (SSSR count). The van der Waals surface area contributed by atoms with Crippen molar-refractivity contribution in [2.75, 3.05) is 0 Å². The Morgan fingerprint density at radius 2 is 1.77 bits per heavy atom. The maximum atomic E-state index is 10.3. The number of quaternary nitrogens is 1. The third-order valence-corrected chi connectivity index (χ3v) is 1.73. The summed E-state index contributed by atoms with van der Waals surface area (Å²) in [6, 6.07) is -1.58. The molecule has 0 radical (unpaired) electrons. The Balaban J connectivity index is 3.56. The van der Waals surface area contributed by atoms with E-state index >= 15 is 0 Å². The summed E-state index contributed by atoms with van der Waals surface area (Å²) in [5.41, 5.74) is 8.60. The highest BCUT2D eigenvalue weighted by Crippen LogP contribution is 2.00. The molecule has 0 saturated heterocycles. The number of carbonyl (C=O) groups is 2. The van der Waals surface area contributed by atoms with Crippen LogP contribution in [0.3, 0.4) is 0 Å². The van der Waals surface area contributed by atoms with Gasteiger partial charge >= 0.3 is 11.9 Å². The molecule has 76 valence electrons. The number of hydrogen-bond acceptors (Lipinski definition) is 3. The van der Waals surface area contributed by atoms with Crippen LogP contribution in [0.25, 0.3) is 0 Å². The lowest BCUT2D eigenvalue weighted by Gasteiger charge is -2.06. The SMILES string of the molecule is NC(CCCC([NH3+])C(=O)O)C(=O)O. The van der Waals surface area contributed by atoms with Crippen molar-refractivity contribution in [1.82, 2.24) is 0 Å². The van der Waals surface area contributed by atoms with E-state index in [9.17, 15) is 9.59 Å². The van der Waals surface area contributed by atoms with Crippen LogP contribution in [0.15, 0.2) is 0 Å². The fourth-order valence-electron chi connectivity index (χ4n) is 0.831. The van der Waals surface area contributed by atoms with Crippen LogP contribution in [0.5, 0.6) is 0 Å². The van der Waals surface area contributed by atoms with Crippen LogP contribution in [-0.4, -0.2) is 34.2 Å². The summed E-state index contributed by atoms with van der Waals surface area (Å²) in [5, 5.41) is 16.8. The molecule has 0 bridgehead atoms. The molecule has 0 aliphatic rings. The number of aliphatic carboxylic acids is 2. The lowest BCUT2D eigenvalue weighted by molar-refractivity contribution is -0.409. The predicted octanol–water partition coefficient (Wildman–Crippen LogP) is -1.74. The first-order valence-electron chi connectivity index (χ1n) is 3.99. The molecule has 0 aliphatic carbocycles. The Kier molecular flexibility index (Phi) is 5.01. The third kappa shape index (κ3) is 5.15. The molecule has 0 aliphatic heterocycles. The molecule has 7 N–H and O–H groups in total. The van der Waals surface area contributed by atoms with E-state index in [1.54, 1.807) is 0 Å². The average Bonchev–Trinajstić information content (AvgIpc) is 2.03. The summed E-state index contributed by atoms with van der Waals surface area (Å²) in [6.07, 6.45) is 1.11. The van der Waals surface area contributed by atoms with E-state index in [1.807, 2.05) is 0 Å². The van der Waals surface area contributed by atoms with Gasteiger partial charge in [0.1, 0.15) is 6.04 Å². The minimum atomic E-state index is -1.06. The van der Waals surface area contributed by atoms with E-state index < -0.39 is 24.0 Å². The molecule has 0 aromatic heterocycles. The Hall–Kier alpha value is -1.14. The minimum absolute atomic E-state index is 0.286. The third-order valence-electron chi connectivity index (χ3n) is 1.73. The molecule has 2 unspecified atom stereocenters. The van der Waals surface area contributed by atoms with Crippen LogP contribution in [-0.2, 0) is 9.59 Å². The van der Waals surface area contributed by atoms with Gasteiger partial charge in [-0.05, 0) is 12.8 Å². The summed E-state index contributed by atoms with van der Waals surface area (Å²) >= 11 is 0. The van der Waals surface area contributed by atoms with E-state index in [4.69, 9.17) is 15.9 Å². The van der Waals surface area contributed by atoms with Gasteiger partial charge < -0.3 is 21.7 Å². The van der Waals surface area contributed by atoms with E-state index in [0.717, 1.165) is 0 Å². The molecule has 6 nitrogen and oxygen atoms in total. The summed E-state index contributed by atoms with van der Waals surface area (Å²) in [5.74, 6) is -2.03. The maximum absolute atomic E-state index is 10.3. The molecule has 2 atom stereocenters. The maximum Gasteiger partial charge on any atom is 0.362 e. The van der Waals surface area contributed by atoms with Crippen LogP contribution >= 0.6 is 0 Å². The predicted molar refractivity (Wildman–Crippen MR) is 43.8 cm³/mol. The first-order valence-corrected chi connectivity index (χ1v) is 3.99. The second-order valence-electron chi connectivity index (χ2n) is 2.91. The van der Waals surface area contributed by atoms with Crippen LogP contribution in [0.2, 0.25) is 0 Å². The fraction of sp³-hybridized carbons (Fsp3) is 0.714. The van der Waals surface area contributed by atoms with Gasteiger partial charge in [-0.25, -0.2) is 4.79 Å². The fourth-order valence-corrected chi connectivity index (χ4v) is 0.831. The van der Waals surface area contributed by atoms with Crippen molar-refractivity contribution in [3.05, 3.63) is 0 Å². The number of nitrogens with two attached hydrogens (primary N) is 1. The van der Waals surface area contributed by atoms with Gasteiger partial charge in [-0.2, -0.15) is 0 Å². The molecule has 0 fully saturated rings. The lowest BCUT2D eigenvalue weighted by Crippen LogP contribution is -2.64. The Morgan fingerprint density at radius 1 is 1.23 bits per heavy atom. The van der Waals surface area contributed by atoms with Crippen LogP contribution in [0.1, 0.15) is 19.3 Å². The summed E-state index contributed by atoms with van der Waals surface area (Å²) in [7, 11) is 0. The van der Waals surface area contributed by atoms with E-state index in [2.05, 4.69) is 5.73 Å². The van der Waals surface area contributed by atoms with Gasteiger partial charge in [0.15, 0.2) is 6.04 Å². The van der Waals surface area contributed by atoms with Crippen molar-refractivity contribution >= 4 is 11.9 Å². The van der Waals surface area contributed by atoms with Gasteiger partial charge in [0.2, 0.25) is 0 Å². The number of carboxylic acids is 2. The first kappa shape index (κ1) is 11.9. The van der Waals surface area contributed by atoms with Gasteiger partial charge in [-0.1, -0.05) is 0 Å². The highest BCUT2D eigenvalue weighted by Gasteiger charge is 2.17. The molecule has 0 amide bonds. The standard InChI is InChI=1S/C7H14N2O4/c8-4(6(10)11)2-1-3-5(9)7(12)13/h4-5H,1-3,8-9H2,(H,10,11)(H,12,13)/p+1. The quantitative estimate of drug-likeness (QED) is 0.396. The van der Waals surface area contributed by atoms with Crippen molar-refractivity contribution in [3.63, 3.8) is 0 Å². The van der Waals surface area contributed by atoms with Crippen LogP contribution in [0.4, 0.5) is 0 Å². The van der Waals surface area contributed by atoms with E-state index in [1.165, 1.54) is 0 Å². The largest absolute Gasteiger partial charge is 0.480 e. The second kappa shape index (κ2) is 5.50. The number of carboxylic acid groups (broad SMARTS) is 2. The zero-order valence-electron chi connectivity index (χ0n) is 7.27. The van der Waals surface area contributed by atoms with Crippen LogP contribution < -0.4 is 11.5 Å². The highest BCUT2D eigenvalue weighted by atomic mass is 16.4. The van der Waals surface area contributed by atoms with Gasteiger partial charge in [0.25, 0.3) is 0 Å². The zero-order valence-corrected chi connectivity index (χ0v) is 7.27. The first-order chi connectivity index (χ1) is 5.95. The minimum Gasteiger partial charge on any atom is -0.480 e. The topological polar surface area (TPSA) is 128 Å². The number of rotatable bonds is 6. The molecule has 0 heterocycles. The van der Waals surface area contributed by atoms with Crippen LogP contribution in [0, 0.1) is 0 Å². The highest BCUT2D eigenvalue weighted by molar-refractivity contribution is 5.73. The van der Waals surface area contributed by atoms with Gasteiger partial charge in [0, 0.05) is 6.42 Å². The molecule has 0 spiro atoms. The van der Waals surface area contributed by atoms with Crippen molar-refractivity contribution in [3.8, 4) is 0 Å². The second-order valence-corrected chi connectivity index (χ2v) is 2.91. The average molecular weight is 191 g/mol. The van der Waals surface area contributed by atoms with E-state index in [-0.39, 0.29) is 6.42 Å². The molecule has 6 heteroatoms. The zero-order chi connectivity index (χ0) is 10.4. The van der Waals surface area contributed by atoms with E-state index in [0.29, 0.717) is 12.8 Å². The number of hydrogen-bond donors (Lipinski definition) is 4.